The van der Waals surface area contributed by atoms with Crippen LogP contribution < -0.4 is 0 Å². The molecule has 100 valence electrons. The van der Waals surface area contributed by atoms with Crippen molar-refractivity contribution in [2.45, 2.75) is 45.6 Å². The summed E-state index contributed by atoms with van der Waals surface area (Å²) in [4.78, 5) is 23.6. The molecule has 2 spiro atoms. The van der Waals surface area contributed by atoms with E-state index in [1.807, 2.05) is 0 Å². The molecular formula is C13H19NO4. The third-order valence-corrected chi connectivity index (χ3v) is 6.34. The first kappa shape index (κ1) is 11.8. The average Bonchev–Trinajstić information content (AvgIpc) is 2.53. The van der Waals surface area contributed by atoms with E-state index in [1.165, 1.54) is 6.42 Å². The highest BCUT2D eigenvalue weighted by Crippen LogP contribution is 2.88. The summed E-state index contributed by atoms with van der Waals surface area (Å²) in [6.07, 6.45) is 2.83. The topological polar surface area (TPSA) is 77.8 Å². The smallest absolute Gasteiger partial charge is 0.408 e. The summed E-state index contributed by atoms with van der Waals surface area (Å²) in [6.45, 7) is 4.75. The molecule has 0 radical (unpaired) electrons. The van der Waals surface area contributed by atoms with Crippen molar-refractivity contribution in [3.05, 3.63) is 0 Å². The zero-order chi connectivity index (χ0) is 13.3. The summed E-state index contributed by atoms with van der Waals surface area (Å²) in [6, 6.07) is -0.859. The van der Waals surface area contributed by atoms with E-state index < -0.39 is 18.1 Å². The fourth-order valence-electron chi connectivity index (χ4n) is 5.02. The van der Waals surface area contributed by atoms with Crippen LogP contribution in [0.3, 0.4) is 0 Å². The molecule has 18 heavy (non-hydrogen) atoms. The monoisotopic (exact) mass is 253 g/mol. The van der Waals surface area contributed by atoms with Crippen LogP contribution in [0.2, 0.25) is 0 Å². The summed E-state index contributed by atoms with van der Waals surface area (Å²) in [5.74, 6) is -1.01. The number of likely N-dealkylation sites (tertiary alicyclic amines) is 1. The predicted octanol–water partition coefficient (Wildman–Crippen LogP) is 2.02. The fraction of sp³-hybridized carbons (Fsp3) is 0.846. The van der Waals surface area contributed by atoms with Gasteiger partial charge in [-0.05, 0) is 30.1 Å². The van der Waals surface area contributed by atoms with Crippen molar-refractivity contribution < 1.29 is 19.8 Å². The van der Waals surface area contributed by atoms with Gasteiger partial charge in [0.25, 0.3) is 0 Å². The van der Waals surface area contributed by atoms with Crippen LogP contribution in [-0.4, -0.2) is 39.8 Å². The molecular weight excluding hydrogens is 234 g/mol. The van der Waals surface area contributed by atoms with Gasteiger partial charge in [-0.25, -0.2) is 9.59 Å². The summed E-state index contributed by atoms with van der Waals surface area (Å²) in [5, 5.41) is 18.4. The van der Waals surface area contributed by atoms with Gasteiger partial charge in [0.1, 0.15) is 6.04 Å². The Labute approximate surface area is 106 Å². The van der Waals surface area contributed by atoms with Gasteiger partial charge in [0.2, 0.25) is 0 Å². The maximum absolute atomic E-state index is 11.3. The molecule has 1 aliphatic heterocycles. The Bertz CT molecular complexity index is 416. The van der Waals surface area contributed by atoms with Crippen LogP contribution in [0.5, 0.6) is 0 Å². The van der Waals surface area contributed by atoms with Crippen molar-refractivity contribution in [3.8, 4) is 0 Å². The van der Waals surface area contributed by atoms with Gasteiger partial charge >= 0.3 is 12.1 Å². The molecule has 0 aromatic rings. The highest BCUT2D eigenvalue weighted by atomic mass is 16.4. The molecule has 1 saturated heterocycles. The van der Waals surface area contributed by atoms with E-state index in [9.17, 15) is 19.8 Å². The molecule has 2 N–H and O–H groups in total. The van der Waals surface area contributed by atoms with Crippen molar-refractivity contribution >= 4 is 12.1 Å². The molecule has 3 rings (SSSR count). The van der Waals surface area contributed by atoms with Gasteiger partial charge in [-0.2, -0.15) is 0 Å². The van der Waals surface area contributed by atoms with Crippen molar-refractivity contribution in [1.29, 1.82) is 0 Å². The van der Waals surface area contributed by atoms with Crippen molar-refractivity contribution in [3.63, 3.8) is 0 Å². The first-order valence-electron chi connectivity index (χ1n) is 6.51. The van der Waals surface area contributed by atoms with Crippen LogP contribution in [0.15, 0.2) is 0 Å². The van der Waals surface area contributed by atoms with Crippen molar-refractivity contribution in [2.24, 2.45) is 16.2 Å². The van der Waals surface area contributed by atoms with E-state index in [2.05, 4.69) is 13.8 Å². The Morgan fingerprint density at radius 2 is 1.78 bits per heavy atom. The molecule has 2 atom stereocenters. The van der Waals surface area contributed by atoms with Gasteiger partial charge in [0, 0.05) is 12.0 Å². The number of rotatable bonds is 1. The lowest BCUT2D eigenvalue weighted by Gasteiger charge is -2.31. The molecule has 2 unspecified atom stereocenters. The van der Waals surface area contributed by atoms with Crippen LogP contribution >= 0.6 is 0 Å². The minimum Gasteiger partial charge on any atom is -0.480 e. The summed E-state index contributed by atoms with van der Waals surface area (Å²) < 4.78 is 0. The second kappa shape index (κ2) is 3.00. The number of nitrogens with zero attached hydrogens (tertiary/aromatic N) is 1. The largest absolute Gasteiger partial charge is 0.480 e. The van der Waals surface area contributed by atoms with Gasteiger partial charge in [-0.15, -0.1) is 0 Å². The Kier molecular flexibility index (Phi) is 1.97. The molecule has 0 aromatic heterocycles. The zero-order valence-corrected chi connectivity index (χ0v) is 10.8. The number of carboxylic acid groups (broad SMARTS) is 2. The number of carbonyl (C=O) groups is 2. The fourth-order valence-corrected chi connectivity index (χ4v) is 5.02. The minimum absolute atomic E-state index is 0.0795. The second-order valence-electron chi connectivity index (χ2n) is 6.61. The van der Waals surface area contributed by atoms with Crippen LogP contribution in [0.25, 0.3) is 0 Å². The van der Waals surface area contributed by atoms with Crippen LogP contribution in [0.1, 0.15) is 39.5 Å². The van der Waals surface area contributed by atoms with E-state index in [0.717, 1.165) is 17.7 Å². The Morgan fingerprint density at radius 1 is 1.17 bits per heavy atom. The summed E-state index contributed by atoms with van der Waals surface area (Å²) in [7, 11) is 0. The highest BCUT2D eigenvalue weighted by Gasteiger charge is 2.85. The number of hydrogen-bond acceptors (Lipinski definition) is 2. The first-order valence-corrected chi connectivity index (χ1v) is 6.51. The second-order valence-corrected chi connectivity index (χ2v) is 6.61. The predicted molar refractivity (Wildman–Crippen MR) is 63.3 cm³/mol. The van der Waals surface area contributed by atoms with E-state index in [1.54, 1.807) is 0 Å². The molecule has 0 bridgehead atoms. The first-order chi connectivity index (χ1) is 8.29. The SMILES string of the molecule is CC1(C)C2(CCC2)C12CC(C(=O)O)N(C(=O)O)C2. The molecule has 1 amide bonds. The third-order valence-electron chi connectivity index (χ3n) is 6.34. The Hall–Kier alpha value is -1.26. The van der Waals surface area contributed by atoms with Crippen LogP contribution in [-0.2, 0) is 4.79 Å². The van der Waals surface area contributed by atoms with E-state index in [0.29, 0.717) is 13.0 Å². The molecule has 5 heteroatoms. The van der Waals surface area contributed by atoms with E-state index in [-0.39, 0.29) is 16.2 Å². The normalized spacial score (nSPS) is 38.8. The van der Waals surface area contributed by atoms with Crippen molar-refractivity contribution in [2.75, 3.05) is 6.54 Å². The molecule has 1 heterocycles. The molecule has 5 nitrogen and oxygen atoms in total. The summed E-state index contributed by atoms with van der Waals surface area (Å²) in [5.41, 5.74) is 0.188. The van der Waals surface area contributed by atoms with Crippen LogP contribution in [0.4, 0.5) is 4.79 Å². The number of aliphatic carboxylic acids is 1. The highest BCUT2D eigenvalue weighted by molar-refractivity contribution is 5.80. The maximum Gasteiger partial charge on any atom is 0.408 e. The van der Waals surface area contributed by atoms with E-state index in [4.69, 9.17) is 0 Å². The van der Waals surface area contributed by atoms with Gasteiger partial charge in [-0.3, -0.25) is 4.90 Å². The maximum atomic E-state index is 11.3. The van der Waals surface area contributed by atoms with Gasteiger partial charge in [-0.1, -0.05) is 20.3 Å². The summed E-state index contributed by atoms with van der Waals surface area (Å²) >= 11 is 0. The Balaban J connectivity index is 1.94. The molecule has 3 aliphatic rings. The number of hydrogen-bond donors (Lipinski definition) is 2. The molecule has 2 saturated carbocycles. The number of fused-ring (bicyclic) bond motifs is 1. The van der Waals surface area contributed by atoms with Gasteiger partial charge in [0.15, 0.2) is 0 Å². The van der Waals surface area contributed by atoms with Crippen molar-refractivity contribution in [1.82, 2.24) is 4.90 Å². The Morgan fingerprint density at radius 3 is 2.06 bits per heavy atom. The zero-order valence-electron chi connectivity index (χ0n) is 10.8. The quantitative estimate of drug-likeness (QED) is 0.749. The van der Waals surface area contributed by atoms with Gasteiger partial charge in [0.05, 0.1) is 0 Å². The molecule has 0 aromatic carbocycles. The third kappa shape index (κ3) is 0.964. The lowest BCUT2D eigenvalue weighted by molar-refractivity contribution is -0.141. The standard InChI is InChI=1S/C13H19NO4/c1-11(2)12(4-3-5-12)13(11)6-8(9(15)16)14(7-13)10(17)18/h8H,3-7H2,1-2H3,(H,15,16)(H,17,18). The lowest BCUT2D eigenvalue weighted by atomic mass is 9.73. The molecule has 2 aliphatic carbocycles. The van der Waals surface area contributed by atoms with Gasteiger partial charge < -0.3 is 10.2 Å². The number of amides is 1. The minimum atomic E-state index is -1.10. The lowest BCUT2D eigenvalue weighted by Crippen LogP contribution is -2.39. The average molecular weight is 253 g/mol. The molecule has 3 fully saturated rings. The van der Waals surface area contributed by atoms with E-state index >= 15 is 0 Å². The van der Waals surface area contributed by atoms with Crippen LogP contribution in [0, 0.1) is 16.2 Å². The number of carboxylic acids is 1.